The number of carboxylic acids is 1. The number of carbonyl (C=O) groups is 2. The van der Waals surface area contributed by atoms with E-state index >= 15 is 0 Å². The van der Waals surface area contributed by atoms with Crippen LogP contribution in [0.3, 0.4) is 0 Å². The normalized spacial score (nSPS) is 27.7. The van der Waals surface area contributed by atoms with Gasteiger partial charge in [-0.2, -0.15) is 0 Å². The lowest BCUT2D eigenvalue weighted by Crippen LogP contribution is -2.57. The lowest BCUT2D eigenvalue weighted by atomic mass is 9.98. The fourth-order valence-electron chi connectivity index (χ4n) is 3.38. The Kier molecular flexibility index (Phi) is 5.45. The maximum atomic E-state index is 12.7. The number of rotatable bonds is 3. The summed E-state index contributed by atoms with van der Waals surface area (Å²) in [6, 6.07) is 0.810. The van der Waals surface area contributed by atoms with Gasteiger partial charge in [-0.05, 0) is 33.1 Å². The van der Waals surface area contributed by atoms with E-state index in [1.54, 1.807) is 0 Å². The third-order valence-electron chi connectivity index (χ3n) is 4.70. The first-order valence-corrected chi connectivity index (χ1v) is 8.00. The van der Waals surface area contributed by atoms with Crippen LogP contribution < -0.4 is 0 Å². The molecule has 2 amide bonds. The number of likely N-dealkylation sites (tertiary alicyclic amines) is 1. The molecule has 1 N–H and O–H groups in total. The van der Waals surface area contributed by atoms with Gasteiger partial charge in [-0.3, -0.25) is 9.69 Å². The molecule has 2 aliphatic rings. The smallest absolute Gasteiger partial charge is 0.320 e. The van der Waals surface area contributed by atoms with Gasteiger partial charge in [-0.25, -0.2) is 4.79 Å². The van der Waals surface area contributed by atoms with Crippen LogP contribution in [0.25, 0.3) is 0 Å². The van der Waals surface area contributed by atoms with Crippen LogP contribution in [-0.2, 0) is 4.79 Å². The maximum absolute atomic E-state index is 12.7. The Hall–Kier alpha value is -1.30. The molecule has 0 aromatic rings. The van der Waals surface area contributed by atoms with E-state index in [0.29, 0.717) is 31.7 Å². The molecular formula is C15H27N3O3. The van der Waals surface area contributed by atoms with Crippen LogP contribution in [0.1, 0.15) is 39.5 Å². The minimum atomic E-state index is -0.760. The van der Waals surface area contributed by atoms with E-state index in [9.17, 15) is 9.59 Å². The first-order chi connectivity index (χ1) is 9.99. The average Bonchev–Trinajstić information content (AvgIpc) is 2.45. The third kappa shape index (κ3) is 4.09. The number of urea groups is 1. The predicted molar refractivity (Wildman–Crippen MR) is 80.3 cm³/mol. The summed E-state index contributed by atoms with van der Waals surface area (Å²) < 4.78 is 0. The Morgan fingerprint density at radius 1 is 1.05 bits per heavy atom. The molecule has 0 aromatic carbocycles. The average molecular weight is 297 g/mol. The number of carboxylic acid groups (broad SMARTS) is 1. The van der Waals surface area contributed by atoms with Crippen LogP contribution in [-0.4, -0.2) is 76.6 Å². The zero-order chi connectivity index (χ0) is 15.4. The Balaban J connectivity index is 1.83. The number of hydrogen-bond donors (Lipinski definition) is 1. The molecule has 2 aliphatic heterocycles. The highest BCUT2D eigenvalue weighted by atomic mass is 16.4. The van der Waals surface area contributed by atoms with Crippen molar-refractivity contribution in [1.82, 2.24) is 14.7 Å². The molecule has 0 radical (unpaired) electrons. The molecule has 2 rings (SSSR count). The van der Waals surface area contributed by atoms with Crippen LogP contribution >= 0.6 is 0 Å². The van der Waals surface area contributed by atoms with Gasteiger partial charge in [0.05, 0.1) is 6.42 Å². The van der Waals surface area contributed by atoms with E-state index in [1.165, 1.54) is 6.42 Å². The highest BCUT2D eigenvalue weighted by Crippen LogP contribution is 2.24. The summed E-state index contributed by atoms with van der Waals surface area (Å²) in [5, 5.41) is 8.71. The molecular weight excluding hydrogens is 270 g/mol. The largest absolute Gasteiger partial charge is 0.481 e. The van der Waals surface area contributed by atoms with Crippen molar-refractivity contribution in [3.63, 3.8) is 0 Å². The van der Waals surface area contributed by atoms with Gasteiger partial charge in [-0.1, -0.05) is 0 Å². The Bertz CT molecular complexity index is 370. The lowest BCUT2D eigenvalue weighted by Gasteiger charge is -2.44. The minimum absolute atomic E-state index is 0.160. The van der Waals surface area contributed by atoms with Crippen molar-refractivity contribution >= 4 is 12.0 Å². The van der Waals surface area contributed by atoms with Gasteiger partial charge in [0.25, 0.3) is 0 Å². The van der Waals surface area contributed by atoms with Gasteiger partial charge in [0, 0.05) is 44.8 Å². The zero-order valence-electron chi connectivity index (χ0n) is 13.1. The van der Waals surface area contributed by atoms with Gasteiger partial charge in [-0.15, -0.1) is 0 Å². The molecule has 2 unspecified atom stereocenters. The number of aliphatic carboxylic acids is 1. The van der Waals surface area contributed by atoms with E-state index in [0.717, 1.165) is 25.9 Å². The highest BCUT2D eigenvalue weighted by molar-refractivity contribution is 5.75. The summed E-state index contributed by atoms with van der Waals surface area (Å²) in [5.74, 6) is -0.760. The zero-order valence-corrected chi connectivity index (χ0v) is 13.1. The SMILES string of the molecule is CC1CCCC(C)N1C(=O)N1CCN(CCC(=O)O)CC1. The topological polar surface area (TPSA) is 64.1 Å². The van der Waals surface area contributed by atoms with Crippen LogP contribution in [0.15, 0.2) is 0 Å². The van der Waals surface area contributed by atoms with Crippen molar-refractivity contribution < 1.29 is 14.7 Å². The summed E-state index contributed by atoms with van der Waals surface area (Å²) in [5.41, 5.74) is 0. The summed E-state index contributed by atoms with van der Waals surface area (Å²) in [6.07, 6.45) is 3.56. The molecule has 21 heavy (non-hydrogen) atoms. The van der Waals surface area contributed by atoms with E-state index in [2.05, 4.69) is 18.7 Å². The van der Waals surface area contributed by atoms with Crippen molar-refractivity contribution in [3.05, 3.63) is 0 Å². The van der Waals surface area contributed by atoms with Crippen LogP contribution in [0, 0.1) is 0 Å². The van der Waals surface area contributed by atoms with Gasteiger partial charge in [0.1, 0.15) is 0 Å². The summed E-state index contributed by atoms with van der Waals surface area (Å²) >= 11 is 0. The van der Waals surface area contributed by atoms with Crippen LogP contribution in [0.4, 0.5) is 4.79 Å². The minimum Gasteiger partial charge on any atom is -0.481 e. The Morgan fingerprint density at radius 3 is 2.14 bits per heavy atom. The molecule has 120 valence electrons. The molecule has 2 saturated heterocycles. The Labute approximate surface area is 126 Å². The molecule has 0 spiro atoms. The molecule has 2 fully saturated rings. The number of nitrogens with zero attached hydrogens (tertiary/aromatic N) is 3. The van der Waals surface area contributed by atoms with E-state index < -0.39 is 5.97 Å². The lowest BCUT2D eigenvalue weighted by molar-refractivity contribution is -0.137. The first-order valence-electron chi connectivity index (χ1n) is 8.00. The monoisotopic (exact) mass is 297 g/mol. The summed E-state index contributed by atoms with van der Waals surface area (Å²) in [7, 11) is 0. The quantitative estimate of drug-likeness (QED) is 0.856. The van der Waals surface area contributed by atoms with Crippen molar-refractivity contribution in [2.75, 3.05) is 32.7 Å². The number of piperidine rings is 1. The standard InChI is InChI=1S/C15H27N3O3/c1-12-4-3-5-13(2)18(12)15(21)17-10-8-16(9-11-17)7-6-14(19)20/h12-13H,3-11H2,1-2H3,(H,19,20). The van der Waals surface area contributed by atoms with E-state index in [4.69, 9.17) is 5.11 Å². The number of hydrogen-bond acceptors (Lipinski definition) is 3. The molecule has 2 atom stereocenters. The van der Waals surface area contributed by atoms with Crippen molar-refractivity contribution in [2.24, 2.45) is 0 Å². The van der Waals surface area contributed by atoms with Crippen molar-refractivity contribution in [3.8, 4) is 0 Å². The summed E-state index contributed by atoms with van der Waals surface area (Å²) in [4.78, 5) is 29.4. The van der Waals surface area contributed by atoms with Gasteiger partial charge in [0.2, 0.25) is 0 Å². The molecule has 0 saturated carbocycles. The maximum Gasteiger partial charge on any atom is 0.320 e. The number of carbonyl (C=O) groups excluding carboxylic acids is 1. The molecule has 0 bridgehead atoms. The highest BCUT2D eigenvalue weighted by Gasteiger charge is 2.33. The predicted octanol–water partition coefficient (Wildman–Crippen LogP) is 1.46. The molecule has 0 aliphatic carbocycles. The second-order valence-corrected chi connectivity index (χ2v) is 6.29. The molecule has 2 heterocycles. The fourth-order valence-corrected chi connectivity index (χ4v) is 3.38. The van der Waals surface area contributed by atoms with Crippen molar-refractivity contribution in [1.29, 1.82) is 0 Å². The number of amides is 2. The Morgan fingerprint density at radius 2 is 1.62 bits per heavy atom. The van der Waals surface area contributed by atoms with Crippen molar-refractivity contribution in [2.45, 2.75) is 51.6 Å². The van der Waals surface area contributed by atoms with Gasteiger partial charge < -0.3 is 14.9 Å². The van der Waals surface area contributed by atoms with Crippen LogP contribution in [0.2, 0.25) is 0 Å². The molecule has 0 aromatic heterocycles. The van der Waals surface area contributed by atoms with Gasteiger partial charge in [0.15, 0.2) is 0 Å². The fraction of sp³-hybridized carbons (Fsp3) is 0.867. The second-order valence-electron chi connectivity index (χ2n) is 6.29. The first kappa shape index (κ1) is 16.1. The van der Waals surface area contributed by atoms with E-state index in [-0.39, 0.29) is 12.5 Å². The number of piperazine rings is 1. The molecule has 6 heteroatoms. The van der Waals surface area contributed by atoms with Crippen LogP contribution in [0.5, 0.6) is 0 Å². The van der Waals surface area contributed by atoms with Gasteiger partial charge >= 0.3 is 12.0 Å². The second kappa shape index (κ2) is 7.11. The van der Waals surface area contributed by atoms with E-state index in [1.807, 2.05) is 9.80 Å². The summed E-state index contributed by atoms with van der Waals surface area (Å²) in [6.45, 7) is 7.80. The molecule has 6 nitrogen and oxygen atoms in total. The third-order valence-corrected chi connectivity index (χ3v) is 4.70.